The van der Waals surface area contributed by atoms with E-state index in [1.807, 2.05) is 24.3 Å². The van der Waals surface area contributed by atoms with Crippen LogP contribution in [0.2, 0.25) is 0 Å². The molecule has 1 aliphatic heterocycles. The molecule has 1 heterocycles. The number of benzene rings is 1. The zero-order valence-corrected chi connectivity index (χ0v) is 9.62. The highest BCUT2D eigenvalue weighted by Crippen LogP contribution is 2.21. The third kappa shape index (κ3) is 3.04. The summed E-state index contributed by atoms with van der Waals surface area (Å²) in [6.45, 7) is 1.48. The van der Waals surface area contributed by atoms with E-state index in [0.717, 1.165) is 17.7 Å². The first kappa shape index (κ1) is 11.6. The lowest BCUT2D eigenvalue weighted by molar-refractivity contribution is -0.124. The molecule has 0 aliphatic carbocycles. The minimum atomic E-state index is -0.0826. The van der Waals surface area contributed by atoms with Gasteiger partial charge in [0.1, 0.15) is 0 Å². The summed E-state index contributed by atoms with van der Waals surface area (Å²) in [6.07, 6.45) is 1.32. The van der Waals surface area contributed by atoms with Gasteiger partial charge in [-0.25, -0.2) is 5.43 Å². The van der Waals surface area contributed by atoms with Gasteiger partial charge in [0, 0.05) is 19.0 Å². The van der Waals surface area contributed by atoms with Gasteiger partial charge in [0.15, 0.2) is 0 Å². The first-order valence-electron chi connectivity index (χ1n) is 5.57. The van der Waals surface area contributed by atoms with E-state index < -0.39 is 0 Å². The number of hydrogen-bond acceptors (Lipinski definition) is 3. The Hall–Kier alpha value is -1.88. The summed E-state index contributed by atoms with van der Waals surface area (Å²) in [6, 6.07) is 7.74. The van der Waals surface area contributed by atoms with Gasteiger partial charge in [-0.15, -0.1) is 0 Å². The van der Waals surface area contributed by atoms with Gasteiger partial charge in [-0.2, -0.15) is 0 Å². The summed E-state index contributed by atoms with van der Waals surface area (Å²) < 4.78 is 0. The Morgan fingerprint density at radius 2 is 2.06 bits per heavy atom. The van der Waals surface area contributed by atoms with Gasteiger partial charge in [-0.05, 0) is 24.1 Å². The van der Waals surface area contributed by atoms with E-state index in [0.29, 0.717) is 6.42 Å². The van der Waals surface area contributed by atoms with E-state index in [1.165, 1.54) is 6.92 Å². The fourth-order valence-electron chi connectivity index (χ4n) is 1.83. The Morgan fingerprint density at radius 3 is 2.59 bits per heavy atom. The van der Waals surface area contributed by atoms with Crippen LogP contribution in [-0.4, -0.2) is 11.8 Å². The molecule has 0 radical (unpaired) electrons. The van der Waals surface area contributed by atoms with Gasteiger partial charge in [0.25, 0.3) is 0 Å². The molecule has 5 nitrogen and oxygen atoms in total. The second kappa shape index (κ2) is 4.97. The topological polar surface area (TPSA) is 70.2 Å². The van der Waals surface area contributed by atoms with Crippen molar-refractivity contribution in [1.82, 2.24) is 10.9 Å². The van der Waals surface area contributed by atoms with Gasteiger partial charge >= 0.3 is 0 Å². The summed E-state index contributed by atoms with van der Waals surface area (Å²) in [5.74, 6) is -0.0584. The molecule has 1 aromatic carbocycles. The van der Waals surface area contributed by atoms with Crippen LogP contribution < -0.4 is 16.2 Å². The van der Waals surface area contributed by atoms with Crippen molar-refractivity contribution in [3.05, 3.63) is 29.8 Å². The van der Waals surface area contributed by atoms with Crippen molar-refractivity contribution in [1.29, 1.82) is 0 Å². The molecule has 1 unspecified atom stereocenters. The minimum Gasteiger partial charge on any atom is -0.326 e. The van der Waals surface area contributed by atoms with Crippen molar-refractivity contribution >= 4 is 17.5 Å². The highest BCUT2D eigenvalue weighted by Gasteiger charge is 2.18. The molecule has 0 bridgehead atoms. The zero-order valence-electron chi connectivity index (χ0n) is 9.62. The van der Waals surface area contributed by atoms with Crippen molar-refractivity contribution in [2.24, 2.45) is 0 Å². The molecule has 0 spiro atoms. The summed E-state index contributed by atoms with van der Waals surface area (Å²) in [4.78, 5) is 21.9. The molecular weight excluding hydrogens is 218 g/mol. The molecule has 3 N–H and O–H groups in total. The average molecular weight is 233 g/mol. The van der Waals surface area contributed by atoms with E-state index in [4.69, 9.17) is 0 Å². The second-order valence-electron chi connectivity index (χ2n) is 4.09. The first-order chi connectivity index (χ1) is 8.15. The van der Waals surface area contributed by atoms with Gasteiger partial charge in [-0.3, -0.25) is 15.0 Å². The fourth-order valence-corrected chi connectivity index (χ4v) is 1.83. The van der Waals surface area contributed by atoms with E-state index in [-0.39, 0.29) is 17.9 Å². The normalized spacial score (nSPS) is 19.6. The summed E-state index contributed by atoms with van der Waals surface area (Å²) >= 11 is 0. The van der Waals surface area contributed by atoms with Crippen molar-refractivity contribution in [2.45, 2.75) is 25.8 Å². The Balaban J connectivity index is 2.02. The predicted octanol–water partition coefficient (Wildman–Crippen LogP) is 1.10. The number of hydrazine groups is 1. The lowest BCUT2D eigenvalue weighted by atomic mass is 10.0. The Morgan fingerprint density at radius 1 is 1.35 bits per heavy atom. The molecule has 2 amide bonds. The molecule has 90 valence electrons. The maximum Gasteiger partial charge on any atom is 0.234 e. The first-order valence-corrected chi connectivity index (χ1v) is 5.57. The molecular formula is C12H15N3O2. The van der Waals surface area contributed by atoms with Crippen LogP contribution in [0.3, 0.4) is 0 Å². The van der Waals surface area contributed by atoms with Crippen LogP contribution in [0, 0.1) is 0 Å². The van der Waals surface area contributed by atoms with Crippen LogP contribution in [0.5, 0.6) is 0 Å². The molecule has 1 aliphatic rings. The Kier molecular flexibility index (Phi) is 3.39. The summed E-state index contributed by atoms with van der Waals surface area (Å²) in [7, 11) is 0. The molecule has 1 aromatic rings. The average Bonchev–Trinajstić information content (AvgIpc) is 2.30. The lowest BCUT2D eigenvalue weighted by Gasteiger charge is -2.24. The number of carbonyl (C=O) groups is 2. The van der Waals surface area contributed by atoms with E-state index in [9.17, 15) is 9.59 Å². The monoisotopic (exact) mass is 233 g/mol. The molecule has 1 atom stereocenters. The number of anilines is 1. The third-order valence-corrected chi connectivity index (χ3v) is 2.68. The number of amides is 2. The number of carbonyl (C=O) groups excluding carboxylic acids is 2. The zero-order chi connectivity index (χ0) is 12.3. The van der Waals surface area contributed by atoms with Gasteiger partial charge in [-0.1, -0.05) is 12.1 Å². The van der Waals surface area contributed by atoms with E-state index >= 15 is 0 Å². The van der Waals surface area contributed by atoms with Gasteiger partial charge in [0.05, 0.1) is 6.04 Å². The van der Waals surface area contributed by atoms with Crippen molar-refractivity contribution in [3.63, 3.8) is 0 Å². The SMILES string of the molecule is CC(=O)Nc1ccc(C2CCC(=O)NN2)cc1. The highest BCUT2D eigenvalue weighted by molar-refractivity contribution is 5.88. The van der Waals surface area contributed by atoms with Crippen molar-refractivity contribution < 1.29 is 9.59 Å². The second-order valence-corrected chi connectivity index (χ2v) is 4.09. The summed E-state index contributed by atoms with van der Waals surface area (Å²) in [5, 5.41) is 2.71. The smallest absolute Gasteiger partial charge is 0.234 e. The van der Waals surface area contributed by atoms with Crippen LogP contribution >= 0.6 is 0 Å². The minimum absolute atomic E-state index is 0.0242. The van der Waals surface area contributed by atoms with Crippen LogP contribution in [0.25, 0.3) is 0 Å². The largest absolute Gasteiger partial charge is 0.326 e. The molecule has 2 rings (SSSR count). The molecule has 1 saturated heterocycles. The predicted molar refractivity (Wildman–Crippen MR) is 64.0 cm³/mol. The quantitative estimate of drug-likeness (QED) is 0.716. The maximum absolute atomic E-state index is 11.0. The van der Waals surface area contributed by atoms with E-state index in [1.54, 1.807) is 0 Å². The van der Waals surface area contributed by atoms with Gasteiger partial charge < -0.3 is 5.32 Å². The number of nitrogens with one attached hydrogen (secondary N) is 3. The van der Waals surface area contributed by atoms with Crippen molar-refractivity contribution in [3.8, 4) is 0 Å². The molecule has 1 fully saturated rings. The van der Waals surface area contributed by atoms with Crippen LogP contribution in [-0.2, 0) is 9.59 Å². The molecule has 0 saturated carbocycles. The molecule has 17 heavy (non-hydrogen) atoms. The fraction of sp³-hybridized carbons (Fsp3) is 0.333. The highest BCUT2D eigenvalue weighted by atomic mass is 16.2. The Bertz CT molecular complexity index is 418. The third-order valence-electron chi connectivity index (χ3n) is 2.68. The standard InChI is InChI=1S/C12H15N3O2/c1-8(16)13-10-4-2-9(3-5-10)11-6-7-12(17)15-14-11/h2-5,11,14H,6-7H2,1H3,(H,13,16)(H,15,17). The maximum atomic E-state index is 11.0. The van der Waals surface area contributed by atoms with Crippen LogP contribution in [0.15, 0.2) is 24.3 Å². The van der Waals surface area contributed by atoms with Crippen molar-refractivity contribution in [2.75, 3.05) is 5.32 Å². The Labute approximate surface area is 99.6 Å². The molecule has 0 aromatic heterocycles. The van der Waals surface area contributed by atoms with Crippen LogP contribution in [0.1, 0.15) is 31.4 Å². The number of rotatable bonds is 2. The lowest BCUT2D eigenvalue weighted by Crippen LogP contribution is -2.44. The number of hydrogen-bond donors (Lipinski definition) is 3. The van der Waals surface area contributed by atoms with Crippen LogP contribution in [0.4, 0.5) is 5.69 Å². The summed E-state index contributed by atoms with van der Waals surface area (Å²) in [5.41, 5.74) is 7.45. The van der Waals surface area contributed by atoms with E-state index in [2.05, 4.69) is 16.2 Å². The van der Waals surface area contributed by atoms with Gasteiger partial charge in [0.2, 0.25) is 11.8 Å². The molecule has 5 heteroatoms.